The summed E-state index contributed by atoms with van der Waals surface area (Å²) in [5.74, 6) is -0.323. The van der Waals surface area contributed by atoms with Crippen molar-refractivity contribution >= 4 is 21.7 Å². The highest BCUT2D eigenvalue weighted by Crippen LogP contribution is 2.35. The van der Waals surface area contributed by atoms with Gasteiger partial charge in [-0.3, -0.25) is 4.79 Å². The van der Waals surface area contributed by atoms with E-state index < -0.39 is 0 Å². The summed E-state index contributed by atoms with van der Waals surface area (Å²) in [5, 5.41) is 0. The number of hydrogen-bond acceptors (Lipinski definition) is 1. The monoisotopic (exact) mass is 242 g/mol. The van der Waals surface area contributed by atoms with Crippen molar-refractivity contribution < 1.29 is 9.18 Å². The molecule has 13 heavy (non-hydrogen) atoms. The standard InChI is InChI=1S/C10H8BrFO/c11-6-1-3-9(12)8(5-6)7-2-4-10(7)13/h1,3,5,7H,2,4H2/t7-/m1/s1. The first-order chi connectivity index (χ1) is 6.18. The molecule has 1 nitrogen and oxygen atoms in total. The number of ketones is 1. The molecule has 1 aromatic rings. The van der Waals surface area contributed by atoms with Crippen LogP contribution in [0.5, 0.6) is 0 Å². The van der Waals surface area contributed by atoms with Gasteiger partial charge in [0.2, 0.25) is 0 Å². The van der Waals surface area contributed by atoms with Crippen molar-refractivity contribution in [2.24, 2.45) is 0 Å². The largest absolute Gasteiger partial charge is 0.299 e. The summed E-state index contributed by atoms with van der Waals surface area (Å²) in [5.41, 5.74) is 0.533. The third kappa shape index (κ3) is 1.53. The van der Waals surface area contributed by atoms with E-state index in [2.05, 4.69) is 15.9 Å². The van der Waals surface area contributed by atoms with Crippen molar-refractivity contribution in [3.05, 3.63) is 34.1 Å². The maximum Gasteiger partial charge on any atom is 0.140 e. The summed E-state index contributed by atoms with van der Waals surface area (Å²) >= 11 is 3.26. The maximum atomic E-state index is 13.2. The molecular formula is C10H8BrFO. The van der Waals surface area contributed by atoms with Crippen LogP contribution in [0.25, 0.3) is 0 Å². The quantitative estimate of drug-likeness (QED) is 0.740. The molecule has 0 N–H and O–H groups in total. The van der Waals surface area contributed by atoms with Gasteiger partial charge in [0, 0.05) is 16.8 Å². The smallest absolute Gasteiger partial charge is 0.140 e. The number of rotatable bonds is 1. The van der Waals surface area contributed by atoms with Gasteiger partial charge in [-0.1, -0.05) is 15.9 Å². The Labute approximate surface area is 84.1 Å². The van der Waals surface area contributed by atoms with E-state index in [1.54, 1.807) is 12.1 Å². The van der Waals surface area contributed by atoms with Crippen LogP contribution < -0.4 is 0 Å². The van der Waals surface area contributed by atoms with E-state index in [-0.39, 0.29) is 17.5 Å². The summed E-state index contributed by atoms with van der Waals surface area (Å²) in [6, 6.07) is 4.73. The molecule has 1 aromatic carbocycles. The second-order valence-electron chi connectivity index (χ2n) is 3.22. The second-order valence-corrected chi connectivity index (χ2v) is 4.14. The Hall–Kier alpha value is -0.700. The predicted molar refractivity (Wildman–Crippen MR) is 51.1 cm³/mol. The molecule has 0 amide bonds. The number of hydrogen-bond donors (Lipinski definition) is 0. The Morgan fingerprint density at radius 2 is 2.23 bits per heavy atom. The average molecular weight is 243 g/mol. The van der Waals surface area contributed by atoms with Gasteiger partial charge >= 0.3 is 0 Å². The van der Waals surface area contributed by atoms with E-state index in [0.29, 0.717) is 12.0 Å². The van der Waals surface area contributed by atoms with Gasteiger partial charge in [-0.25, -0.2) is 4.39 Å². The van der Waals surface area contributed by atoms with Gasteiger partial charge in [0.1, 0.15) is 11.6 Å². The van der Waals surface area contributed by atoms with Crippen molar-refractivity contribution in [3.63, 3.8) is 0 Å². The fraction of sp³-hybridized carbons (Fsp3) is 0.300. The number of benzene rings is 1. The summed E-state index contributed by atoms with van der Waals surface area (Å²) in [6.07, 6.45) is 1.38. The number of carbonyl (C=O) groups is 1. The number of halogens is 2. The van der Waals surface area contributed by atoms with Crippen molar-refractivity contribution in [3.8, 4) is 0 Å². The normalized spacial score (nSPS) is 21.4. The summed E-state index contributed by atoms with van der Waals surface area (Å²) in [4.78, 5) is 11.1. The van der Waals surface area contributed by atoms with Crippen LogP contribution in [0, 0.1) is 5.82 Å². The number of carbonyl (C=O) groups excluding carboxylic acids is 1. The molecule has 0 aromatic heterocycles. The van der Waals surface area contributed by atoms with Crippen LogP contribution in [0.3, 0.4) is 0 Å². The lowest BCUT2D eigenvalue weighted by Crippen LogP contribution is -2.24. The first-order valence-electron chi connectivity index (χ1n) is 4.16. The summed E-state index contributed by atoms with van der Waals surface area (Å²) in [7, 11) is 0. The van der Waals surface area contributed by atoms with Crippen molar-refractivity contribution in [1.29, 1.82) is 0 Å². The van der Waals surface area contributed by atoms with E-state index in [0.717, 1.165) is 10.9 Å². The lowest BCUT2D eigenvalue weighted by molar-refractivity contribution is -0.125. The Balaban J connectivity index is 2.38. The molecule has 0 aliphatic heterocycles. The van der Waals surface area contributed by atoms with E-state index in [9.17, 15) is 9.18 Å². The van der Waals surface area contributed by atoms with Gasteiger partial charge in [-0.2, -0.15) is 0 Å². The summed E-state index contributed by atoms with van der Waals surface area (Å²) in [6.45, 7) is 0. The first kappa shape index (κ1) is 8.88. The minimum absolute atomic E-state index is 0.150. The van der Waals surface area contributed by atoms with Gasteiger partial charge in [0.25, 0.3) is 0 Å². The van der Waals surface area contributed by atoms with Gasteiger partial charge in [0.05, 0.1) is 0 Å². The molecule has 0 spiro atoms. The zero-order valence-electron chi connectivity index (χ0n) is 6.89. The van der Waals surface area contributed by atoms with E-state index in [1.165, 1.54) is 6.07 Å². The Morgan fingerprint density at radius 1 is 1.46 bits per heavy atom. The second kappa shape index (κ2) is 3.22. The Kier molecular flexibility index (Phi) is 2.20. The molecule has 0 radical (unpaired) electrons. The van der Waals surface area contributed by atoms with Crippen molar-refractivity contribution in [1.82, 2.24) is 0 Å². The molecule has 1 aliphatic rings. The van der Waals surface area contributed by atoms with Crippen molar-refractivity contribution in [2.75, 3.05) is 0 Å². The highest BCUT2D eigenvalue weighted by Gasteiger charge is 2.31. The average Bonchev–Trinajstić information content (AvgIpc) is 2.09. The molecule has 1 saturated carbocycles. The molecule has 0 unspecified atom stereocenters. The molecule has 0 bridgehead atoms. The zero-order chi connectivity index (χ0) is 9.42. The van der Waals surface area contributed by atoms with Gasteiger partial charge in [-0.15, -0.1) is 0 Å². The molecule has 1 atom stereocenters. The third-order valence-corrected chi connectivity index (χ3v) is 2.89. The fourth-order valence-corrected chi connectivity index (χ4v) is 1.90. The van der Waals surface area contributed by atoms with Crippen LogP contribution in [0.4, 0.5) is 4.39 Å². The number of Topliss-reactive ketones (excluding diaryl/α,β-unsaturated/α-hetero) is 1. The van der Waals surface area contributed by atoms with E-state index >= 15 is 0 Å². The van der Waals surface area contributed by atoms with E-state index in [1.807, 2.05) is 0 Å². The van der Waals surface area contributed by atoms with Gasteiger partial charge in [-0.05, 0) is 30.2 Å². The topological polar surface area (TPSA) is 17.1 Å². The highest BCUT2D eigenvalue weighted by atomic mass is 79.9. The van der Waals surface area contributed by atoms with Gasteiger partial charge in [0.15, 0.2) is 0 Å². The van der Waals surface area contributed by atoms with Crippen LogP contribution in [0.1, 0.15) is 24.3 Å². The first-order valence-corrected chi connectivity index (χ1v) is 4.95. The van der Waals surface area contributed by atoms with E-state index in [4.69, 9.17) is 0 Å². The van der Waals surface area contributed by atoms with Crippen LogP contribution in [0.15, 0.2) is 22.7 Å². The molecule has 68 valence electrons. The molecule has 2 rings (SSSR count). The van der Waals surface area contributed by atoms with Crippen LogP contribution in [-0.4, -0.2) is 5.78 Å². The van der Waals surface area contributed by atoms with Crippen LogP contribution >= 0.6 is 15.9 Å². The lowest BCUT2D eigenvalue weighted by Gasteiger charge is -2.24. The third-order valence-electron chi connectivity index (χ3n) is 2.40. The molecule has 0 heterocycles. The lowest BCUT2D eigenvalue weighted by atomic mass is 9.78. The minimum Gasteiger partial charge on any atom is -0.299 e. The zero-order valence-corrected chi connectivity index (χ0v) is 8.47. The molecule has 0 saturated heterocycles. The molecule has 1 fully saturated rings. The fourth-order valence-electron chi connectivity index (χ4n) is 1.52. The van der Waals surface area contributed by atoms with Crippen LogP contribution in [0.2, 0.25) is 0 Å². The Bertz CT molecular complexity index is 362. The Morgan fingerprint density at radius 3 is 2.77 bits per heavy atom. The minimum atomic E-state index is -0.277. The molecule has 1 aliphatic carbocycles. The van der Waals surface area contributed by atoms with Crippen molar-refractivity contribution in [2.45, 2.75) is 18.8 Å². The molecule has 3 heteroatoms. The SMILES string of the molecule is O=C1CC[C@@H]1c1cc(Br)ccc1F. The summed E-state index contributed by atoms with van der Waals surface area (Å²) < 4.78 is 14.1. The maximum absolute atomic E-state index is 13.2. The highest BCUT2D eigenvalue weighted by molar-refractivity contribution is 9.10. The predicted octanol–water partition coefficient (Wildman–Crippen LogP) is 3.03. The van der Waals surface area contributed by atoms with Crippen LogP contribution in [-0.2, 0) is 4.79 Å². The van der Waals surface area contributed by atoms with Gasteiger partial charge < -0.3 is 0 Å². The molecular weight excluding hydrogens is 235 g/mol.